The predicted octanol–water partition coefficient (Wildman–Crippen LogP) is 0.0902. The monoisotopic (exact) mass is 299 g/mol. The van der Waals surface area contributed by atoms with Crippen molar-refractivity contribution in [2.75, 3.05) is 26.2 Å². The van der Waals surface area contributed by atoms with Gasteiger partial charge in [-0.2, -0.15) is 0 Å². The van der Waals surface area contributed by atoms with E-state index in [1.807, 2.05) is 6.92 Å². The molecule has 3 N–H and O–H groups in total. The second-order valence-electron chi connectivity index (χ2n) is 6.52. The fraction of sp³-hybridized carbons (Fsp3) is 0.857. The molecule has 7 nitrogen and oxygen atoms in total. The maximum Gasteiger partial charge on any atom is 0.317 e. The van der Waals surface area contributed by atoms with Gasteiger partial charge in [0, 0.05) is 31.7 Å². The minimum atomic E-state index is -1.43. The first-order valence-electron chi connectivity index (χ1n) is 7.51. The molecule has 2 amide bonds. The standard InChI is InChI=1S/C14H25N3O4/c1-10-7-16-5-3-4-11(16)8-17(10)13(20)15-9-14(2,21)6-12(18)19/h10-11,21H,3-9H2,1-2H3,(H,15,20)(H,18,19). The average Bonchev–Trinajstić information content (AvgIpc) is 2.80. The first-order chi connectivity index (χ1) is 9.78. The zero-order chi connectivity index (χ0) is 15.6. The third-order valence-electron chi connectivity index (χ3n) is 4.35. The highest BCUT2D eigenvalue weighted by Crippen LogP contribution is 2.24. The largest absolute Gasteiger partial charge is 0.481 e. The molecule has 3 unspecified atom stereocenters. The second-order valence-corrected chi connectivity index (χ2v) is 6.52. The van der Waals surface area contributed by atoms with Gasteiger partial charge in [-0.25, -0.2) is 4.79 Å². The van der Waals surface area contributed by atoms with Crippen LogP contribution in [0, 0.1) is 0 Å². The number of nitrogens with zero attached hydrogens (tertiary/aromatic N) is 2. The van der Waals surface area contributed by atoms with E-state index >= 15 is 0 Å². The Bertz CT molecular complexity index is 413. The molecule has 2 aliphatic rings. The smallest absolute Gasteiger partial charge is 0.317 e. The van der Waals surface area contributed by atoms with Crippen LogP contribution in [0.1, 0.15) is 33.1 Å². The number of aliphatic hydroxyl groups is 1. The summed E-state index contributed by atoms with van der Waals surface area (Å²) >= 11 is 0. The second kappa shape index (κ2) is 6.19. The number of fused-ring (bicyclic) bond motifs is 1. The van der Waals surface area contributed by atoms with Gasteiger partial charge >= 0.3 is 12.0 Å². The summed E-state index contributed by atoms with van der Waals surface area (Å²) in [5, 5.41) is 21.3. The zero-order valence-electron chi connectivity index (χ0n) is 12.7. The lowest BCUT2D eigenvalue weighted by molar-refractivity contribution is -0.141. The first kappa shape index (κ1) is 16.0. The van der Waals surface area contributed by atoms with E-state index in [-0.39, 0.29) is 25.0 Å². The lowest BCUT2D eigenvalue weighted by Crippen LogP contribution is -2.59. The number of carboxylic acids is 1. The zero-order valence-corrected chi connectivity index (χ0v) is 12.7. The maximum absolute atomic E-state index is 12.3. The number of urea groups is 1. The molecular formula is C14H25N3O4. The number of hydrogen-bond donors (Lipinski definition) is 3. The molecule has 0 aromatic rings. The van der Waals surface area contributed by atoms with Gasteiger partial charge < -0.3 is 20.4 Å². The van der Waals surface area contributed by atoms with Crippen LogP contribution in [0.3, 0.4) is 0 Å². The van der Waals surface area contributed by atoms with Crippen LogP contribution in [-0.4, -0.2) is 75.9 Å². The van der Waals surface area contributed by atoms with Crippen LogP contribution in [-0.2, 0) is 4.79 Å². The van der Waals surface area contributed by atoms with E-state index in [1.54, 1.807) is 4.90 Å². The highest BCUT2D eigenvalue weighted by Gasteiger charge is 2.37. The van der Waals surface area contributed by atoms with E-state index in [0.717, 1.165) is 19.5 Å². The van der Waals surface area contributed by atoms with Crippen LogP contribution < -0.4 is 5.32 Å². The molecule has 2 fully saturated rings. The number of hydrogen-bond acceptors (Lipinski definition) is 4. The number of piperazine rings is 1. The van der Waals surface area contributed by atoms with Crippen molar-refractivity contribution in [2.45, 2.75) is 50.8 Å². The van der Waals surface area contributed by atoms with Gasteiger partial charge in [0.25, 0.3) is 0 Å². The Morgan fingerprint density at radius 2 is 2.10 bits per heavy atom. The summed E-state index contributed by atoms with van der Waals surface area (Å²) in [6.07, 6.45) is 1.91. The molecule has 2 aliphatic heterocycles. The van der Waals surface area contributed by atoms with Gasteiger partial charge in [-0.1, -0.05) is 0 Å². The van der Waals surface area contributed by atoms with E-state index in [2.05, 4.69) is 10.2 Å². The Morgan fingerprint density at radius 3 is 2.76 bits per heavy atom. The van der Waals surface area contributed by atoms with E-state index in [1.165, 1.54) is 13.3 Å². The van der Waals surface area contributed by atoms with E-state index in [0.29, 0.717) is 12.6 Å². The highest BCUT2D eigenvalue weighted by molar-refractivity contribution is 5.75. The minimum absolute atomic E-state index is 0.0598. The summed E-state index contributed by atoms with van der Waals surface area (Å²) in [5.74, 6) is -1.08. The van der Waals surface area contributed by atoms with Crippen LogP contribution in [0.15, 0.2) is 0 Å². The summed E-state index contributed by atoms with van der Waals surface area (Å²) in [6, 6.07) is 0.343. The molecule has 0 aromatic carbocycles. The van der Waals surface area contributed by atoms with Crippen LogP contribution in [0.2, 0.25) is 0 Å². The number of carboxylic acid groups (broad SMARTS) is 1. The van der Waals surface area contributed by atoms with Gasteiger partial charge in [0.15, 0.2) is 0 Å². The van der Waals surface area contributed by atoms with Crippen molar-refractivity contribution in [2.24, 2.45) is 0 Å². The van der Waals surface area contributed by atoms with Crippen LogP contribution in [0.5, 0.6) is 0 Å². The van der Waals surface area contributed by atoms with Crippen molar-refractivity contribution < 1.29 is 19.8 Å². The number of carbonyl (C=O) groups is 2. The van der Waals surface area contributed by atoms with E-state index in [9.17, 15) is 14.7 Å². The molecule has 21 heavy (non-hydrogen) atoms. The summed E-state index contributed by atoms with van der Waals surface area (Å²) in [7, 11) is 0. The fourth-order valence-corrected chi connectivity index (χ4v) is 3.23. The van der Waals surface area contributed by atoms with Gasteiger partial charge in [-0.05, 0) is 33.2 Å². The first-order valence-corrected chi connectivity index (χ1v) is 7.51. The van der Waals surface area contributed by atoms with Crippen molar-refractivity contribution in [3.8, 4) is 0 Å². The number of carbonyl (C=O) groups excluding carboxylic acids is 1. The Labute approximate surface area is 124 Å². The normalized spacial score (nSPS) is 28.8. The number of nitrogens with one attached hydrogen (secondary N) is 1. The van der Waals surface area contributed by atoms with Crippen molar-refractivity contribution in [1.29, 1.82) is 0 Å². The van der Waals surface area contributed by atoms with Crippen LogP contribution in [0.25, 0.3) is 0 Å². The Morgan fingerprint density at radius 1 is 1.38 bits per heavy atom. The molecule has 0 aromatic heterocycles. The molecule has 0 saturated carbocycles. The molecule has 0 radical (unpaired) electrons. The van der Waals surface area contributed by atoms with E-state index in [4.69, 9.17) is 5.11 Å². The summed E-state index contributed by atoms with van der Waals surface area (Å²) in [6.45, 7) is 6.06. The Balaban J connectivity index is 1.86. The van der Waals surface area contributed by atoms with Crippen LogP contribution in [0.4, 0.5) is 4.79 Å². The summed E-state index contributed by atoms with van der Waals surface area (Å²) < 4.78 is 0. The molecule has 2 heterocycles. The van der Waals surface area contributed by atoms with E-state index < -0.39 is 11.6 Å². The third-order valence-corrected chi connectivity index (χ3v) is 4.35. The third kappa shape index (κ3) is 4.07. The number of aliphatic carboxylic acids is 1. The van der Waals surface area contributed by atoms with Crippen LogP contribution >= 0.6 is 0 Å². The molecule has 2 rings (SSSR count). The summed E-state index contributed by atoms with van der Waals surface area (Å²) in [4.78, 5) is 27.1. The lowest BCUT2D eigenvalue weighted by Gasteiger charge is -2.42. The topological polar surface area (TPSA) is 93.1 Å². The SMILES string of the molecule is CC1CN2CCCC2CN1C(=O)NCC(C)(O)CC(=O)O. The van der Waals surface area contributed by atoms with Crippen molar-refractivity contribution in [3.63, 3.8) is 0 Å². The molecule has 0 bridgehead atoms. The quantitative estimate of drug-likeness (QED) is 0.684. The van der Waals surface area contributed by atoms with Crippen molar-refractivity contribution in [3.05, 3.63) is 0 Å². The minimum Gasteiger partial charge on any atom is -0.481 e. The molecule has 3 atom stereocenters. The fourth-order valence-electron chi connectivity index (χ4n) is 3.23. The van der Waals surface area contributed by atoms with Gasteiger partial charge in [0.2, 0.25) is 0 Å². The lowest BCUT2D eigenvalue weighted by atomic mass is 10.0. The molecule has 0 spiro atoms. The number of amides is 2. The van der Waals surface area contributed by atoms with Gasteiger partial charge in [-0.3, -0.25) is 9.69 Å². The molecular weight excluding hydrogens is 274 g/mol. The molecule has 2 saturated heterocycles. The van der Waals surface area contributed by atoms with Gasteiger partial charge in [0.05, 0.1) is 12.0 Å². The number of rotatable bonds is 4. The van der Waals surface area contributed by atoms with Gasteiger partial charge in [-0.15, -0.1) is 0 Å². The van der Waals surface area contributed by atoms with Crippen molar-refractivity contribution in [1.82, 2.24) is 15.1 Å². The Hall–Kier alpha value is -1.34. The molecule has 0 aliphatic carbocycles. The Kier molecular flexibility index (Phi) is 4.73. The molecule has 120 valence electrons. The maximum atomic E-state index is 12.3. The molecule has 7 heteroatoms. The average molecular weight is 299 g/mol. The highest BCUT2D eigenvalue weighted by atomic mass is 16.4. The van der Waals surface area contributed by atoms with Crippen molar-refractivity contribution >= 4 is 12.0 Å². The predicted molar refractivity (Wildman–Crippen MR) is 77.0 cm³/mol. The van der Waals surface area contributed by atoms with Gasteiger partial charge in [0.1, 0.15) is 0 Å². The summed E-state index contributed by atoms with van der Waals surface area (Å²) in [5.41, 5.74) is -1.43.